The minimum absolute atomic E-state index is 0.208. The Morgan fingerprint density at radius 2 is 2.00 bits per heavy atom. The van der Waals surface area contributed by atoms with E-state index in [1.807, 2.05) is 12.1 Å². The third-order valence-corrected chi connectivity index (χ3v) is 2.79. The summed E-state index contributed by atoms with van der Waals surface area (Å²) in [7, 11) is 0. The summed E-state index contributed by atoms with van der Waals surface area (Å²) in [5.41, 5.74) is 7.94. The molecule has 0 saturated carbocycles. The molecule has 0 heterocycles. The molecule has 1 amide bonds. The van der Waals surface area contributed by atoms with Crippen molar-refractivity contribution in [2.24, 2.45) is 5.73 Å². The number of carbonyl (C=O) groups excluding carboxylic acids is 1. The summed E-state index contributed by atoms with van der Waals surface area (Å²) in [6.07, 6.45) is 5.37. The van der Waals surface area contributed by atoms with Crippen molar-refractivity contribution in [3.8, 4) is 12.3 Å². The lowest BCUT2D eigenvalue weighted by atomic mass is 10.0. The van der Waals surface area contributed by atoms with Gasteiger partial charge in [0.2, 0.25) is 5.91 Å². The fraction of sp³-hybridized carbons (Fsp3) is 0.400. The van der Waals surface area contributed by atoms with E-state index in [2.05, 4.69) is 37.2 Å². The van der Waals surface area contributed by atoms with Gasteiger partial charge < -0.3 is 11.1 Å². The van der Waals surface area contributed by atoms with Crippen LogP contribution in [0.2, 0.25) is 0 Å². The van der Waals surface area contributed by atoms with Crippen LogP contribution in [-0.4, -0.2) is 11.9 Å². The molecule has 0 aromatic heterocycles. The highest BCUT2D eigenvalue weighted by molar-refractivity contribution is 5.81. The van der Waals surface area contributed by atoms with Crippen LogP contribution in [-0.2, 0) is 11.3 Å². The Kier molecular flexibility index (Phi) is 5.41. The van der Waals surface area contributed by atoms with Crippen molar-refractivity contribution in [1.82, 2.24) is 5.32 Å². The molecular weight excluding hydrogens is 224 g/mol. The number of rotatable bonds is 5. The van der Waals surface area contributed by atoms with Crippen molar-refractivity contribution < 1.29 is 4.79 Å². The number of terminal acetylenes is 1. The molecule has 0 spiro atoms. The maximum absolute atomic E-state index is 11.5. The summed E-state index contributed by atoms with van der Waals surface area (Å²) in [5, 5.41) is 2.77. The van der Waals surface area contributed by atoms with Crippen molar-refractivity contribution in [2.45, 2.75) is 38.8 Å². The van der Waals surface area contributed by atoms with E-state index in [9.17, 15) is 4.79 Å². The van der Waals surface area contributed by atoms with Crippen LogP contribution >= 0.6 is 0 Å². The second-order valence-corrected chi connectivity index (χ2v) is 4.63. The monoisotopic (exact) mass is 244 g/mol. The number of hydrogen-bond donors (Lipinski definition) is 2. The molecule has 1 unspecified atom stereocenters. The number of carbonyl (C=O) groups is 1. The Morgan fingerprint density at radius 1 is 1.39 bits per heavy atom. The van der Waals surface area contributed by atoms with Crippen LogP contribution in [0, 0.1) is 12.3 Å². The molecule has 0 radical (unpaired) electrons. The second-order valence-electron chi connectivity index (χ2n) is 4.63. The van der Waals surface area contributed by atoms with Gasteiger partial charge in [-0.15, -0.1) is 12.3 Å². The average molecular weight is 244 g/mol. The topological polar surface area (TPSA) is 55.1 Å². The van der Waals surface area contributed by atoms with E-state index in [1.54, 1.807) is 0 Å². The maximum Gasteiger partial charge on any atom is 0.238 e. The van der Waals surface area contributed by atoms with Gasteiger partial charge in [-0.1, -0.05) is 38.1 Å². The van der Waals surface area contributed by atoms with E-state index >= 15 is 0 Å². The minimum atomic E-state index is -0.620. The van der Waals surface area contributed by atoms with E-state index in [0.717, 1.165) is 5.56 Å². The van der Waals surface area contributed by atoms with E-state index in [1.165, 1.54) is 5.56 Å². The van der Waals surface area contributed by atoms with E-state index in [0.29, 0.717) is 12.5 Å². The van der Waals surface area contributed by atoms with Gasteiger partial charge in [0.25, 0.3) is 0 Å². The lowest BCUT2D eigenvalue weighted by Crippen LogP contribution is -2.39. The van der Waals surface area contributed by atoms with Crippen LogP contribution in [0.15, 0.2) is 24.3 Å². The van der Waals surface area contributed by atoms with Gasteiger partial charge in [-0.05, 0) is 17.0 Å². The zero-order valence-corrected chi connectivity index (χ0v) is 10.9. The van der Waals surface area contributed by atoms with Gasteiger partial charge in [0.1, 0.15) is 0 Å². The molecule has 96 valence electrons. The van der Waals surface area contributed by atoms with Gasteiger partial charge in [0.15, 0.2) is 0 Å². The molecular formula is C15H20N2O. The normalized spacial score (nSPS) is 11.9. The Labute approximate surface area is 109 Å². The smallest absolute Gasteiger partial charge is 0.238 e. The van der Waals surface area contributed by atoms with Crippen LogP contribution in [0.4, 0.5) is 0 Å². The second kappa shape index (κ2) is 6.83. The predicted molar refractivity (Wildman–Crippen MR) is 73.8 cm³/mol. The molecule has 1 aromatic carbocycles. The highest BCUT2D eigenvalue weighted by Gasteiger charge is 2.11. The van der Waals surface area contributed by atoms with E-state index in [-0.39, 0.29) is 12.3 Å². The van der Waals surface area contributed by atoms with Gasteiger partial charge in [0.05, 0.1) is 6.04 Å². The van der Waals surface area contributed by atoms with Crippen LogP contribution < -0.4 is 11.1 Å². The van der Waals surface area contributed by atoms with Crippen molar-refractivity contribution in [3.05, 3.63) is 35.4 Å². The maximum atomic E-state index is 11.5. The molecule has 3 nitrogen and oxygen atoms in total. The van der Waals surface area contributed by atoms with Gasteiger partial charge in [-0.2, -0.15) is 0 Å². The standard InChI is InChI=1S/C15H20N2O/c1-4-5-14(16)15(18)17-10-12-6-8-13(9-7-12)11(2)3/h1,6-9,11,14H,5,10,16H2,2-3H3,(H,17,18). The van der Waals surface area contributed by atoms with Crippen LogP contribution in [0.5, 0.6) is 0 Å². The van der Waals surface area contributed by atoms with Gasteiger partial charge in [-0.25, -0.2) is 0 Å². The number of hydrogen-bond acceptors (Lipinski definition) is 2. The van der Waals surface area contributed by atoms with Gasteiger partial charge in [-0.3, -0.25) is 4.79 Å². The van der Waals surface area contributed by atoms with E-state index < -0.39 is 6.04 Å². The first-order valence-electron chi connectivity index (χ1n) is 6.10. The molecule has 0 aliphatic rings. The Balaban J connectivity index is 2.49. The zero-order valence-electron chi connectivity index (χ0n) is 10.9. The molecule has 0 bridgehead atoms. The Hall–Kier alpha value is -1.79. The first kappa shape index (κ1) is 14.3. The summed E-state index contributed by atoms with van der Waals surface area (Å²) in [6, 6.07) is 7.57. The average Bonchev–Trinajstić information content (AvgIpc) is 2.36. The summed E-state index contributed by atoms with van der Waals surface area (Å²) in [6.45, 7) is 4.78. The van der Waals surface area contributed by atoms with Crippen molar-refractivity contribution in [1.29, 1.82) is 0 Å². The molecule has 1 rings (SSSR count). The number of nitrogens with two attached hydrogens (primary N) is 1. The largest absolute Gasteiger partial charge is 0.351 e. The third-order valence-electron chi connectivity index (χ3n) is 2.79. The fourth-order valence-electron chi connectivity index (χ4n) is 1.56. The Morgan fingerprint density at radius 3 is 2.50 bits per heavy atom. The van der Waals surface area contributed by atoms with Gasteiger partial charge in [0, 0.05) is 13.0 Å². The predicted octanol–water partition coefficient (Wildman–Crippen LogP) is 1.78. The quantitative estimate of drug-likeness (QED) is 0.776. The van der Waals surface area contributed by atoms with Crippen molar-refractivity contribution >= 4 is 5.91 Å². The zero-order chi connectivity index (χ0) is 13.5. The van der Waals surface area contributed by atoms with Crippen molar-refractivity contribution in [3.63, 3.8) is 0 Å². The Bertz CT molecular complexity index is 429. The molecule has 1 aromatic rings. The molecule has 0 fully saturated rings. The number of amides is 1. The molecule has 0 saturated heterocycles. The third kappa shape index (κ3) is 4.23. The van der Waals surface area contributed by atoms with Crippen LogP contribution in [0.25, 0.3) is 0 Å². The number of nitrogens with one attached hydrogen (secondary N) is 1. The molecule has 1 atom stereocenters. The van der Waals surface area contributed by atoms with Gasteiger partial charge >= 0.3 is 0 Å². The number of benzene rings is 1. The molecule has 3 N–H and O–H groups in total. The minimum Gasteiger partial charge on any atom is -0.351 e. The van der Waals surface area contributed by atoms with Crippen LogP contribution in [0.1, 0.15) is 37.3 Å². The molecule has 18 heavy (non-hydrogen) atoms. The fourth-order valence-corrected chi connectivity index (χ4v) is 1.56. The molecule has 0 aliphatic carbocycles. The molecule has 0 aliphatic heterocycles. The SMILES string of the molecule is C#CCC(N)C(=O)NCc1ccc(C(C)C)cc1. The summed E-state index contributed by atoms with van der Waals surface area (Å²) in [4.78, 5) is 11.5. The van der Waals surface area contributed by atoms with Crippen molar-refractivity contribution in [2.75, 3.05) is 0 Å². The summed E-state index contributed by atoms with van der Waals surface area (Å²) >= 11 is 0. The van der Waals surface area contributed by atoms with Crippen LogP contribution in [0.3, 0.4) is 0 Å². The highest BCUT2D eigenvalue weighted by atomic mass is 16.2. The highest BCUT2D eigenvalue weighted by Crippen LogP contribution is 2.14. The molecule has 3 heteroatoms. The summed E-state index contributed by atoms with van der Waals surface area (Å²) in [5.74, 6) is 2.68. The summed E-state index contributed by atoms with van der Waals surface area (Å²) < 4.78 is 0. The first-order chi connectivity index (χ1) is 8.54. The van der Waals surface area contributed by atoms with E-state index in [4.69, 9.17) is 12.2 Å². The first-order valence-corrected chi connectivity index (χ1v) is 6.10. The lowest BCUT2D eigenvalue weighted by Gasteiger charge is -2.10. The lowest BCUT2D eigenvalue weighted by molar-refractivity contribution is -0.122.